The number of thiophene rings is 1. The molecule has 2 aliphatic heterocycles. The predicted octanol–water partition coefficient (Wildman–Crippen LogP) is 0.497. The zero-order chi connectivity index (χ0) is 22.7. The van der Waals surface area contributed by atoms with Gasteiger partial charge in [-0.3, -0.25) is 9.59 Å². The predicted molar refractivity (Wildman–Crippen MR) is 124 cm³/mol. The van der Waals surface area contributed by atoms with E-state index in [1.54, 1.807) is 16.2 Å². The maximum atomic E-state index is 13.4. The van der Waals surface area contributed by atoms with Crippen molar-refractivity contribution in [3.05, 3.63) is 22.4 Å². The number of amidine groups is 1. The number of nitrogens with one attached hydrogen (secondary N) is 1. The van der Waals surface area contributed by atoms with Gasteiger partial charge in [0.05, 0.1) is 25.2 Å². The molecule has 2 fully saturated rings. The molecule has 32 heavy (non-hydrogen) atoms. The fourth-order valence-corrected chi connectivity index (χ4v) is 5.32. The molecule has 3 heterocycles. The van der Waals surface area contributed by atoms with Gasteiger partial charge in [0.2, 0.25) is 11.8 Å². The van der Waals surface area contributed by atoms with Gasteiger partial charge in [0, 0.05) is 24.0 Å². The molecule has 10 heteroatoms. The minimum Gasteiger partial charge on any atom is -0.463 e. The van der Waals surface area contributed by atoms with E-state index in [0.29, 0.717) is 38.8 Å². The Morgan fingerprint density at radius 3 is 2.75 bits per heavy atom. The third kappa shape index (κ3) is 5.24. The molecule has 1 aromatic heterocycles. The molecular weight excluding hydrogens is 428 g/mol. The molecule has 0 aromatic carbocycles. The number of nitrogens with zero attached hydrogens (tertiary/aromatic N) is 3. The molecule has 3 atom stereocenters. The first-order valence-electron chi connectivity index (χ1n) is 11.5. The van der Waals surface area contributed by atoms with Gasteiger partial charge >= 0.3 is 0 Å². The number of hydrogen-bond acceptors (Lipinski definition) is 8. The zero-order valence-corrected chi connectivity index (χ0v) is 19.4. The van der Waals surface area contributed by atoms with Crippen LogP contribution in [0, 0.1) is 5.92 Å². The molecular formula is C22H34N6O3S. The smallest absolute Gasteiger partial charge is 0.287 e. The molecule has 1 aliphatic carbocycles. The topological polar surface area (TPSA) is 126 Å². The monoisotopic (exact) mass is 462 g/mol. The summed E-state index contributed by atoms with van der Waals surface area (Å²) in [5.41, 5.74) is 12.5. The summed E-state index contributed by atoms with van der Waals surface area (Å²) in [6.07, 6.45) is 3.48. The summed E-state index contributed by atoms with van der Waals surface area (Å²) >= 11 is 1.59. The van der Waals surface area contributed by atoms with Crippen molar-refractivity contribution in [3.63, 3.8) is 0 Å². The van der Waals surface area contributed by atoms with Gasteiger partial charge in [-0.25, -0.2) is 4.99 Å². The first-order valence-corrected chi connectivity index (χ1v) is 12.4. The van der Waals surface area contributed by atoms with Gasteiger partial charge in [-0.2, -0.15) is 0 Å². The number of hydrogen-bond donors (Lipinski definition) is 3. The molecule has 4 rings (SSSR count). The first-order chi connectivity index (χ1) is 15.4. The second kappa shape index (κ2) is 10.2. The first kappa shape index (κ1) is 23.0. The summed E-state index contributed by atoms with van der Waals surface area (Å²) in [4.78, 5) is 35.9. The van der Waals surface area contributed by atoms with Crippen LogP contribution in [0.3, 0.4) is 0 Å². The minimum absolute atomic E-state index is 0.0989. The average molecular weight is 463 g/mol. The Morgan fingerprint density at radius 2 is 2.09 bits per heavy atom. The van der Waals surface area contributed by atoms with E-state index in [2.05, 4.69) is 10.3 Å². The number of ether oxygens (including phenoxy) is 1. The van der Waals surface area contributed by atoms with Crippen molar-refractivity contribution in [1.82, 2.24) is 15.1 Å². The molecule has 9 nitrogen and oxygen atoms in total. The number of nitrogens with two attached hydrogens (primary N) is 2. The van der Waals surface area contributed by atoms with E-state index in [-0.39, 0.29) is 29.8 Å². The van der Waals surface area contributed by atoms with E-state index in [9.17, 15) is 9.59 Å². The van der Waals surface area contributed by atoms with Gasteiger partial charge < -0.3 is 31.3 Å². The van der Waals surface area contributed by atoms with Gasteiger partial charge in [0.25, 0.3) is 6.02 Å². The Bertz CT molecular complexity index is 824. The Balaban J connectivity index is 1.46. The lowest BCUT2D eigenvalue weighted by Crippen LogP contribution is -2.64. The summed E-state index contributed by atoms with van der Waals surface area (Å²) in [5.74, 6) is -0.219. The molecule has 2 amide bonds. The Labute approximate surface area is 193 Å². The van der Waals surface area contributed by atoms with Crippen LogP contribution in [-0.2, 0) is 20.9 Å². The van der Waals surface area contributed by atoms with Crippen LogP contribution in [0.5, 0.6) is 0 Å². The summed E-state index contributed by atoms with van der Waals surface area (Å²) in [7, 11) is 0. The highest BCUT2D eigenvalue weighted by molar-refractivity contribution is 7.09. The molecule has 0 unspecified atom stereocenters. The molecule has 176 valence electrons. The van der Waals surface area contributed by atoms with Crippen molar-refractivity contribution < 1.29 is 14.3 Å². The van der Waals surface area contributed by atoms with Crippen molar-refractivity contribution in [1.29, 1.82) is 0 Å². The van der Waals surface area contributed by atoms with E-state index in [0.717, 1.165) is 30.6 Å². The molecule has 0 radical (unpaired) electrons. The number of carbonyl (C=O) groups excluding carboxylic acids is 2. The second-order valence-electron chi connectivity index (χ2n) is 9.06. The van der Waals surface area contributed by atoms with Crippen molar-refractivity contribution in [2.24, 2.45) is 22.4 Å². The quantitative estimate of drug-likeness (QED) is 0.585. The van der Waals surface area contributed by atoms with Crippen LogP contribution in [-0.4, -0.2) is 78.0 Å². The molecule has 5 N–H and O–H groups in total. The van der Waals surface area contributed by atoms with Gasteiger partial charge in [0.15, 0.2) is 0 Å². The van der Waals surface area contributed by atoms with E-state index in [4.69, 9.17) is 16.2 Å². The number of amides is 2. The molecule has 1 saturated heterocycles. The van der Waals surface area contributed by atoms with Crippen LogP contribution in [0.1, 0.15) is 37.5 Å². The maximum Gasteiger partial charge on any atom is 0.287 e. The van der Waals surface area contributed by atoms with Gasteiger partial charge in [-0.05, 0) is 50.0 Å². The Kier molecular flexibility index (Phi) is 7.32. The van der Waals surface area contributed by atoms with Gasteiger partial charge in [0.1, 0.15) is 12.6 Å². The normalized spacial score (nSPS) is 29.3. The zero-order valence-electron chi connectivity index (χ0n) is 18.6. The summed E-state index contributed by atoms with van der Waals surface area (Å²) < 4.78 is 5.71. The average Bonchev–Trinajstić information content (AvgIpc) is 3.48. The minimum atomic E-state index is -0.643. The van der Waals surface area contributed by atoms with Crippen molar-refractivity contribution in [2.75, 3.05) is 26.2 Å². The van der Waals surface area contributed by atoms with Crippen LogP contribution >= 0.6 is 11.3 Å². The van der Waals surface area contributed by atoms with Crippen LogP contribution in [0.25, 0.3) is 0 Å². The van der Waals surface area contributed by atoms with Crippen LogP contribution in [0.15, 0.2) is 22.5 Å². The summed E-state index contributed by atoms with van der Waals surface area (Å²) in [5, 5.41) is 4.97. The molecule has 0 bridgehead atoms. The second-order valence-corrected chi connectivity index (χ2v) is 10.1. The fourth-order valence-electron chi connectivity index (χ4n) is 4.68. The molecule has 3 aliphatic rings. The number of rotatable bonds is 5. The van der Waals surface area contributed by atoms with Crippen molar-refractivity contribution in [2.45, 2.75) is 63.3 Å². The van der Waals surface area contributed by atoms with E-state index in [1.807, 2.05) is 29.3 Å². The van der Waals surface area contributed by atoms with Crippen LogP contribution in [0.2, 0.25) is 0 Å². The standard InChI is InChI=1S/C22H34N6O3S/c1-14-13-31-22(26-14)27-8-9-28(21(30)19(24)15-4-6-16(23)7-5-15)18(12-27)20(29)25-11-17-3-2-10-32-17/h2-3,10,14-16,18-19H,4-9,11-13,23-24H2,1H3,(H,25,29)/t14-,15-,16-,18-,19+/m0/s1. The molecule has 0 spiro atoms. The van der Waals surface area contributed by atoms with E-state index < -0.39 is 12.1 Å². The lowest BCUT2D eigenvalue weighted by molar-refractivity contribution is -0.145. The lowest BCUT2D eigenvalue weighted by Gasteiger charge is -2.42. The van der Waals surface area contributed by atoms with Gasteiger partial charge in [-0.15, -0.1) is 11.3 Å². The molecule has 1 saturated carbocycles. The van der Waals surface area contributed by atoms with Gasteiger partial charge in [-0.1, -0.05) is 6.07 Å². The number of piperazine rings is 1. The largest absolute Gasteiger partial charge is 0.463 e. The highest BCUT2D eigenvalue weighted by Crippen LogP contribution is 2.27. The van der Waals surface area contributed by atoms with Crippen LogP contribution in [0.4, 0.5) is 0 Å². The third-order valence-corrected chi connectivity index (χ3v) is 7.52. The Morgan fingerprint density at radius 1 is 1.31 bits per heavy atom. The Hall–Kier alpha value is -2.17. The van der Waals surface area contributed by atoms with Crippen molar-refractivity contribution in [3.8, 4) is 0 Å². The lowest BCUT2D eigenvalue weighted by atomic mass is 9.81. The third-order valence-electron chi connectivity index (χ3n) is 6.65. The van der Waals surface area contributed by atoms with Crippen LogP contribution < -0.4 is 16.8 Å². The van der Waals surface area contributed by atoms with E-state index in [1.165, 1.54) is 0 Å². The van der Waals surface area contributed by atoms with E-state index >= 15 is 0 Å². The van der Waals surface area contributed by atoms with Crippen molar-refractivity contribution >= 4 is 29.2 Å². The number of aliphatic imine (C=N–C) groups is 1. The summed E-state index contributed by atoms with van der Waals surface area (Å²) in [6, 6.07) is 3.54. The number of carbonyl (C=O) groups is 2. The maximum absolute atomic E-state index is 13.4. The highest BCUT2D eigenvalue weighted by Gasteiger charge is 2.41. The highest BCUT2D eigenvalue weighted by atomic mass is 32.1. The molecule has 1 aromatic rings. The summed E-state index contributed by atoms with van der Waals surface area (Å²) in [6.45, 7) is 4.29. The fraction of sp³-hybridized carbons (Fsp3) is 0.682. The SMILES string of the molecule is C[C@H]1COC(N2CCN(C(=O)[C@H](N)[C@H]3CC[C@H](N)CC3)[C@H](C(=O)NCc3cccs3)C2)=N1.